The molecule has 0 unspecified atom stereocenters. The number of nitrogens with zero attached hydrogens (tertiary/aromatic N) is 1. The molecule has 0 bridgehead atoms. The smallest absolute Gasteiger partial charge is 0.266 e. The number of hydrogen-bond donors (Lipinski definition) is 1. The van der Waals surface area contributed by atoms with Crippen molar-refractivity contribution >= 4 is 56.8 Å². The number of halogens is 3. The Morgan fingerprint density at radius 3 is 2.50 bits per heavy atom. The SMILES string of the molecule is CCCOc1c(Br)cc(/C=C(\C#N)C(=O)Nc2ccc(OCc3ccc(Cl)cc3Cl)cc2)cc1OC. The number of nitriles is 1. The molecule has 0 atom stereocenters. The Labute approximate surface area is 228 Å². The molecular weight excluding hydrogens is 567 g/mol. The average molecular weight is 590 g/mol. The number of carbonyl (C=O) groups is 1. The van der Waals surface area contributed by atoms with Gasteiger partial charge in [0.1, 0.15) is 24.0 Å². The minimum absolute atomic E-state index is 0.0658. The van der Waals surface area contributed by atoms with Crippen LogP contribution >= 0.6 is 39.1 Å². The molecule has 6 nitrogen and oxygen atoms in total. The zero-order chi connectivity index (χ0) is 26.1. The van der Waals surface area contributed by atoms with Gasteiger partial charge in [-0.3, -0.25) is 4.79 Å². The van der Waals surface area contributed by atoms with E-state index in [0.717, 1.165) is 12.0 Å². The van der Waals surface area contributed by atoms with E-state index < -0.39 is 5.91 Å². The molecule has 36 heavy (non-hydrogen) atoms. The van der Waals surface area contributed by atoms with E-state index in [1.54, 1.807) is 54.6 Å². The molecule has 0 radical (unpaired) electrons. The maximum Gasteiger partial charge on any atom is 0.266 e. The average Bonchev–Trinajstić information content (AvgIpc) is 2.86. The Bertz CT molecular complexity index is 1300. The first-order valence-corrected chi connectivity index (χ1v) is 12.5. The fraction of sp³-hybridized carbons (Fsp3) is 0.185. The van der Waals surface area contributed by atoms with Gasteiger partial charge in [0.15, 0.2) is 11.5 Å². The Hall–Kier alpha value is -3.18. The highest BCUT2D eigenvalue weighted by Gasteiger charge is 2.14. The van der Waals surface area contributed by atoms with Crippen LogP contribution in [0.2, 0.25) is 10.0 Å². The summed E-state index contributed by atoms with van der Waals surface area (Å²) in [6.07, 6.45) is 2.33. The van der Waals surface area contributed by atoms with E-state index in [0.29, 0.717) is 49.6 Å². The minimum atomic E-state index is -0.541. The van der Waals surface area contributed by atoms with Gasteiger partial charge in [-0.2, -0.15) is 5.26 Å². The van der Waals surface area contributed by atoms with E-state index in [-0.39, 0.29) is 12.2 Å². The molecule has 3 rings (SSSR count). The van der Waals surface area contributed by atoms with E-state index in [2.05, 4.69) is 21.2 Å². The Balaban J connectivity index is 1.68. The van der Waals surface area contributed by atoms with Crippen LogP contribution in [-0.2, 0) is 11.4 Å². The van der Waals surface area contributed by atoms with Crippen LogP contribution in [0.1, 0.15) is 24.5 Å². The van der Waals surface area contributed by atoms with Crippen molar-refractivity contribution in [1.82, 2.24) is 0 Å². The second-order valence-corrected chi connectivity index (χ2v) is 9.25. The molecule has 0 saturated carbocycles. The quantitative estimate of drug-likeness (QED) is 0.194. The standard InChI is InChI=1S/C27H23BrCl2N2O4/c1-3-10-35-26-23(28)12-17(13-25(26)34-2)11-19(15-31)27(33)32-21-6-8-22(9-7-21)36-16-18-4-5-20(29)14-24(18)30/h4-9,11-14H,3,10,16H2,1-2H3,(H,32,33)/b19-11+. The van der Waals surface area contributed by atoms with Crippen molar-refractivity contribution in [3.63, 3.8) is 0 Å². The van der Waals surface area contributed by atoms with Gasteiger partial charge in [0.05, 0.1) is 18.2 Å². The molecule has 3 aromatic rings. The lowest BCUT2D eigenvalue weighted by molar-refractivity contribution is -0.112. The maximum atomic E-state index is 12.7. The second-order valence-electron chi connectivity index (χ2n) is 7.56. The van der Waals surface area contributed by atoms with Crippen molar-refractivity contribution < 1.29 is 19.0 Å². The number of methoxy groups -OCH3 is 1. The summed E-state index contributed by atoms with van der Waals surface area (Å²) in [5, 5.41) is 13.4. The van der Waals surface area contributed by atoms with E-state index in [9.17, 15) is 10.1 Å². The monoisotopic (exact) mass is 588 g/mol. The fourth-order valence-electron chi connectivity index (χ4n) is 3.12. The third-order valence-electron chi connectivity index (χ3n) is 4.90. The molecule has 1 amide bonds. The van der Waals surface area contributed by atoms with Crippen LogP contribution in [0.5, 0.6) is 17.2 Å². The van der Waals surface area contributed by atoms with Gasteiger partial charge in [-0.1, -0.05) is 36.2 Å². The highest BCUT2D eigenvalue weighted by atomic mass is 79.9. The van der Waals surface area contributed by atoms with Crippen LogP contribution in [0.25, 0.3) is 6.08 Å². The molecule has 1 N–H and O–H groups in total. The van der Waals surface area contributed by atoms with Crippen LogP contribution in [0, 0.1) is 11.3 Å². The topological polar surface area (TPSA) is 80.6 Å². The molecule has 0 aromatic heterocycles. The number of amides is 1. The molecule has 0 heterocycles. The van der Waals surface area contributed by atoms with Gasteiger partial charge in [-0.25, -0.2) is 0 Å². The third-order valence-corrected chi connectivity index (χ3v) is 6.08. The van der Waals surface area contributed by atoms with Gasteiger partial charge in [-0.15, -0.1) is 0 Å². The summed E-state index contributed by atoms with van der Waals surface area (Å²) in [4.78, 5) is 12.7. The summed E-state index contributed by atoms with van der Waals surface area (Å²) in [7, 11) is 1.53. The Kier molecular flexibility index (Phi) is 10.1. The summed E-state index contributed by atoms with van der Waals surface area (Å²) in [5.41, 5.74) is 1.86. The summed E-state index contributed by atoms with van der Waals surface area (Å²) in [6.45, 7) is 2.81. The summed E-state index contributed by atoms with van der Waals surface area (Å²) in [5.74, 6) is 1.12. The first-order valence-electron chi connectivity index (χ1n) is 10.9. The van der Waals surface area contributed by atoms with Crippen LogP contribution in [0.3, 0.4) is 0 Å². The van der Waals surface area contributed by atoms with Crippen molar-refractivity contribution in [2.24, 2.45) is 0 Å². The molecule has 0 aliphatic carbocycles. The molecule has 0 aliphatic rings. The Morgan fingerprint density at radius 2 is 1.86 bits per heavy atom. The number of ether oxygens (including phenoxy) is 3. The number of benzene rings is 3. The Morgan fingerprint density at radius 1 is 1.11 bits per heavy atom. The van der Waals surface area contributed by atoms with Gasteiger partial charge in [0, 0.05) is 21.3 Å². The van der Waals surface area contributed by atoms with E-state index in [1.165, 1.54) is 13.2 Å². The summed E-state index contributed by atoms with van der Waals surface area (Å²) in [6, 6.07) is 17.4. The largest absolute Gasteiger partial charge is 0.493 e. The van der Waals surface area contributed by atoms with Crippen molar-refractivity contribution in [1.29, 1.82) is 5.26 Å². The lowest BCUT2D eigenvalue weighted by Gasteiger charge is -2.13. The number of hydrogen-bond acceptors (Lipinski definition) is 5. The van der Waals surface area contributed by atoms with E-state index in [1.807, 2.05) is 13.0 Å². The van der Waals surface area contributed by atoms with Crippen molar-refractivity contribution in [3.8, 4) is 23.3 Å². The number of carbonyl (C=O) groups excluding carboxylic acids is 1. The molecule has 186 valence electrons. The maximum absolute atomic E-state index is 12.7. The van der Waals surface area contributed by atoms with Crippen molar-refractivity contribution in [2.75, 3.05) is 19.0 Å². The summed E-state index contributed by atoms with van der Waals surface area (Å²) < 4.78 is 17.6. The number of anilines is 1. The zero-order valence-electron chi connectivity index (χ0n) is 19.6. The molecular formula is C27H23BrCl2N2O4. The molecule has 0 spiro atoms. The number of nitrogens with one attached hydrogen (secondary N) is 1. The first-order chi connectivity index (χ1) is 17.3. The van der Waals surface area contributed by atoms with Gasteiger partial charge >= 0.3 is 0 Å². The lowest BCUT2D eigenvalue weighted by atomic mass is 10.1. The second kappa shape index (κ2) is 13.2. The highest BCUT2D eigenvalue weighted by molar-refractivity contribution is 9.10. The first kappa shape index (κ1) is 27.4. The van der Waals surface area contributed by atoms with Crippen molar-refractivity contribution in [2.45, 2.75) is 20.0 Å². The van der Waals surface area contributed by atoms with Crippen LogP contribution in [0.4, 0.5) is 5.69 Å². The fourth-order valence-corrected chi connectivity index (χ4v) is 4.15. The summed E-state index contributed by atoms with van der Waals surface area (Å²) >= 11 is 15.6. The third kappa shape index (κ3) is 7.41. The molecule has 3 aromatic carbocycles. The minimum Gasteiger partial charge on any atom is -0.493 e. The lowest BCUT2D eigenvalue weighted by Crippen LogP contribution is -2.13. The van der Waals surface area contributed by atoms with E-state index >= 15 is 0 Å². The van der Waals surface area contributed by atoms with Gasteiger partial charge in [-0.05, 0) is 82.5 Å². The highest BCUT2D eigenvalue weighted by Crippen LogP contribution is 2.37. The van der Waals surface area contributed by atoms with Gasteiger partial charge < -0.3 is 19.5 Å². The zero-order valence-corrected chi connectivity index (χ0v) is 22.7. The van der Waals surface area contributed by atoms with Crippen LogP contribution < -0.4 is 19.5 Å². The molecule has 0 fully saturated rings. The predicted molar refractivity (Wildman–Crippen MR) is 146 cm³/mol. The molecule has 9 heteroatoms. The van der Waals surface area contributed by atoms with Crippen LogP contribution in [0.15, 0.2) is 64.6 Å². The van der Waals surface area contributed by atoms with Crippen molar-refractivity contribution in [3.05, 3.63) is 85.8 Å². The number of rotatable bonds is 10. The molecule has 0 aliphatic heterocycles. The predicted octanol–water partition coefficient (Wildman–Crippen LogP) is 7.68. The van der Waals surface area contributed by atoms with Crippen LogP contribution in [-0.4, -0.2) is 19.6 Å². The normalized spacial score (nSPS) is 10.9. The van der Waals surface area contributed by atoms with E-state index in [4.69, 9.17) is 37.4 Å². The molecule has 0 saturated heterocycles. The van der Waals surface area contributed by atoms with Gasteiger partial charge in [0.25, 0.3) is 5.91 Å². The van der Waals surface area contributed by atoms with Gasteiger partial charge in [0.2, 0.25) is 0 Å².